The molecule has 7 heteroatoms. The van der Waals surface area contributed by atoms with Gasteiger partial charge in [0.05, 0.1) is 13.2 Å². The minimum Gasteiger partial charge on any atom is -0.379 e. The fourth-order valence-electron chi connectivity index (χ4n) is 3.51. The predicted molar refractivity (Wildman–Crippen MR) is 124 cm³/mol. The zero-order valence-electron chi connectivity index (χ0n) is 19.2. The summed E-state index contributed by atoms with van der Waals surface area (Å²) >= 11 is 0. The van der Waals surface area contributed by atoms with Gasteiger partial charge in [0, 0.05) is 50.9 Å². The van der Waals surface area contributed by atoms with E-state index < -0.39 is 0 Å². The maximum atomic E-state index is 12.1. The molecule has 0 aromatic heterocycles. The van der Waals surface area contributed by atoms with Crippen molar-refractivity contribution in [3.05, 3.63) is 29.8 Å². The summed E-state index contributed by atoms with van der Waals surface area (Å²) in [5, 5.41) is 9.85. The lowest BCUT2D eigenvalue weighted by atomic mass is 10.0. The van der Waals surface area contributed by atoms with Crippen LogP contribution in [0.25, 0.3) is 0 Å². The molecule has 0 saturated carbocycles. The van der Waals surface area contributed by atoms with Crippen LogP contribution in [-0.2, 0) is 16.1 Å². The van der Waals surface area contributed by atoms with Crippen LogP contribution in [0.4, 0.5) is 5.69 Å². The summed E-state index contributed by atoms with van der Waals surface area (Å²) in [6, 6.07) is 8.38. The van der Waals surface area contributed by atoms with Gasteiger partial charge in [0.2, 0.25) is 5.91 Å². The van der Waals surface area contributed by atoms with Gasteiger partial charge < -0.3 is 20.7 Å². The highest BCUT2D eigenvalue weighted by atomic mass is 16.5. The van der Waals surface area contributed by atoms with Crippen molar-refractivity contribution in [1.82, 2.24) is 15.5 Å². The van der Waals surface area contributed by atoms with Gasteiger partial charge in [-0.05, 0) is 30.0 Å². The molecule has 0 radical (unpaired) electrons. The molecule has 0 spiro atoms. The Morgan fingerprint density at radius 3 is 2.57 bits per heavy atom. The summed E-state index contributed by atoms with van der Waals surface area (Å²) in [5.41, 5.74) is 1.92. The van der Waals surface area contributed by atoms with Crippen molar-refractivity contribution in [3.8, 4) is 0 Å². The minimum atomic E-state index is 0.00942. The van der Waals surface area contributed by atoms with Crippen LogP contribution in [0, 0.1) is 11.8 Å². The third-order valence-electron chi connectivity index (χ3n) is 5.70. The zero-order valence-corrected chi connectivity index (χ0v) is 19.2. The topological polar surface area (TPSA) is 78.0 Å². The van der Waals surface area contributed by atoms with E-state index in [1.54, 1.807) is 7.05 Å². The number of benzene rings is 1. The van der Waals surface area contributed by atoms with E-state index in [2.05, 4.69) is 39.7 Å². The largest absolute Gasteiger partial charge is 0.379 e. The fraction of sp³-hybridized carbons (Fsp3) is 0.652. The van der Waals surface area contributed by atoms with Crippen molar-refractivity contribution in [2.75, 3.05) is 45.2 Å². The molecule has 1 heterocycles. The minimum absolute atomic E-state index is 0.00942. The Labute approximate surface area is 181 Å². The van der Waals surface area contributed by atoms with Crippen molar-refractivity contribution < 1.29 is 9.53 Å². The van der Waals surface area contributed by atoms with Crippen LogP contribution in [0.1, 0.15) is 39.7 Å². The Balaban J connectivity index is 1.87. The lowest BCUT2D eigenvalue weighted by molar-refractivity contribution is -0.119. The molecule has 30 heavy (non-hydrogen) atoms. The number of carbonyl (C=O) groups excluding carboxylic acids is 1. The monoisotopic (exact) mass is 417 g/mol. The quantitative estimate of drug-likeness (QED) is 0.425. The summed E-state index contributed by atoms with van der Waals surface area (Å²) in [6.45, 7) is 13.5. The highest BCUT2D eigenvalue weighted by molar-refractivity contribution is 5.92. The summed E-state index contributed by atoms with van der Waals surface area (Å²) in [6.07, 6.45) is 0.830. The Morgan fingerprint density at radius 2 is 1.93 bits per heavy atom. The summed E-state index contributed by atoms with van der Waals surface area (Å²) in [4.78, 5) is 19.0. The first-order chi connectivity index (χ1) is 14.4. The molecule has 1 aromatic rings. The second-order valence-corrected chi connectivity index (χ2v) is 8.27. The molecule has 1 aromatic carbocycles. The van der Waals surface area contributed by atoms with Crippen molar-refractivity contribution in [2.45, 2.75) is 46.7 Å². The number of hydrogen-bond donors (Lipinski definition) is 3. The van der Waals surface area contributed by atoms with E-state index in [0.29, 0.717) is 18.5 Å². The number of aliphatic imine (C=N–C) groups is 1. The number of nitrogens with zero attached hydrogens (tertiary/aromatic N) is 2. The van der Waals surface area contributed by atoms with Gasteiger partial charge in [-0.3, -0.25) is 14.7 Å². The van der Waals surface area contributed by atoms with Gasteiger partial charge in [-0.15, -0.1) is 0 Å². The Morgan fingerprint density at radius 1 is 1.20 bits per heavy atom. The number of guanidine groups is 1. The number of anilines is 1. The van der Waals surface area contributed by atoms with E-state index in [-0.39, 0.29) is 11.8 Å². The van der Waals surface area contributed by atoms with Crippen molar-refractivity contribution >= 4 is 17.6 Å². The molecule has 1 fully saturated rings. The van der Waals surface area contributed by atoms with Gasteiger partial charge >= 0.3 is 0 Å². The van der Waals surface area contributed by atoms with Gasteiger partial charge in [0.1, 0.15) is 0 Å². The average Bonchev–Trinajstić information content (AvgIpc) is 2.76. The third-order valence-corrected chi connectivity index (χ3v) is 5.70. The summed E-state index contributed by atoms with van der Waals surface area (Å²) < 4.78 is 5.49. The predicted octanol–water partition coefficient (Wildman–Crippen LogP) is 2.69. The van der Waals surface area contributed by atoms with Crippen LogP contribution < -0.4 is 16.0 Å². The molecule has 1 amide bonds. The highest BCUT2D eigenvalue weighted by Gasteiger charge is 2.23. The lowest BCUT2D eigenvalue weighted by Crippen LogP contribution is -2.52. The molecule has 0 bridgehead atoms. The molecule has 168 valence electrons. The molecule has 2 unspecified atom stereocenters. The number of rotatable bonds is 9. The number of ether oxygens (including phenoxy) is 1. The second-order valence-electron chi connectivity index (χ2n) is 8.27. The molecule has 2 rings (SSSR count). The van der Waals surface area contributed by atoms with Gasteiger partial charge in [0.15, 0.2) is 5.96 Å². The first kappa shape index (κ1) is 24.2. The zero-order chi connectivity index (χ0) is 21.9. The van der Waals surface area contributed by atoms with Crippen LogP contribution in [0.5, 0.6) is 0 Å². The SMILES string of the molecule is CCC(C)C(=O)Nc1cccc(CNC(=NC)NCC(C(C)C)N2CCOCC2)c1. The van der Waals surface area contributed by atoms with Crippen molar-refractivity contribution in [2.24, 2.45) is 16.8 Å². The van der Waals surface area contributed by atoms with Crippen molar-refractivity contribution in [1.29, 1.82) is 0 Å². The van der Waals surface area contributed by atoms with Crippen LogP contribution >= 0.6 is 0 Å². The van der Waals surface area contributed by atoms with E-state index in [9.17, 15) is 4.79 Å². The Bertz CT molecular complexity index is 686. The Hall–Kier alpha value is -2.12. The number of carbonyl (C=O) groups is 1. The number of morpholine rings is 1. The first-order valence-electron chi connectivity index (χ1n) is 11.1. The smallest absolute Gasteiger partial charge is 0.227 e. The molecular formula is C23H39N5O2. The standard InChI is InChI=1S/C23H39N5O2/c1-6-18(4)22(29)27-20-9-7-8-19(14-20)15-25-23(24-5)26-16-21(17(2)3)28-10-12-30-13-11-28/h7-9,14,17-18,21H,6,10-13,15-16H2,1-5H3,(H,27,29)(H2,24,25,26). The van der Waals surface area contributed by atoms with Gasteiger partial charge in [0.25, 0.3) is 0 Å². The van der Waals surface area contributed by atoms with E-state index in [4.69, 9.17) is 4.74 Å². The van der Waals surface area contributed by atoms with Crippen LogP contribution in [0.15, 0.2) is 29.3 Å². The van der Waals surface area contributed by atoms with Gasteiger partial charge in [-0.25, -0.2) is 0 Å². The van der Waals surface area contributed by atoms with Crippen molar-refractivity contribution in [3.63, 3.8) is 0 Å². The number of nitrogens with one attached hydrogen (secondary N) is 3. The molecule has 1 saturated heterocycles. The van der Waals surface area contributed by atoms with Crippen LogP contribution in [0.2, 0.25) is 0 Å². The lowest BCUT2D eigenvalue weighted by Gasteiger charge is -2.37. The van der Waals surface area contributed by atoms with E-state index in [1.165, 1.54) is 0 Å². The molecule has 1 aliphatic rings. The van der Waals surface area contributed by atoms with E-state index in [1.807, 2.05) is 38.1 Å². The third kappa shape index (κ3) is 7.61. The van der Waals surface area contributed by atoms with Crippen LogP contribution in [0.3, 0.4) is 0 Å². The Kier molecular flexibility index (Phi) is 10.1. The van der Waals surface area contributed by atoms with E-state index in [0.717, 1.165) is 56.5 Å². The molecule has 0 aliphatic carbocycles. The summed E-state index contributed by atoms with van der Waals surface area (Å²) in [7, 11) is 1.79. The average molecular weight is 418 g/mol. The first-order valence-corrected chi connectivity index (χ1v) is 11.1. The molecule has 7 nitrogen and oxygen atoms in total. The maximum Gasteiger partial charge on any atom is 0.227 e. The highest BCUT2D eigenvalue weighted by Crippen LogP contribution is 2.14. The molecular weight excluding hydrogens is 378 g/mol. The number of amides is 1. The number of hydrogen-bond acceptors (Lipinski definition) is 4. The van der Waals surface area contributed by atoms with Crippen LogP contribution in [-0.4, -0.2) is 62.7 Å². The molecule has 2 atom stereocenters. The van der Waals surface area contributed by atoms with Gasteiger partial charge in [-0.1, -0.05) is 39.8 Å². The second kappa shape index (κ2) is 12.5. The van der Waals surface area contributed by atoms with Gasteiger partial charge in [-0.2, -0.15) is 0 Å². The van der Waals surface area contributed by atoms with E-state index >= 15 is 0 Å². The maximum absolute atomic E-state index is 12.1. The summed E-state index contributed by atoms with van der Waals surface area (Å²) in [5.74, 6) is 1.39. The normalized spacial score (nSPS) is 17.5. The molecule has 1 aliphatic heterocycles. The fourth-order valence-corrected chi connectivity index (χ4v) is 3.51. The molecule has 3 N–H and O–H groups in total.